The molecule has 1 saturated heterocycles. The van der Waals surface area contributed by atoms with Crippen molar-refractivity contribution in [2.24, 2.45) is 0 Å². The number of hydrogen-bond donors (Lipinski definition) is 1. The molecule has 8 heteroatoms. The van der Waals surface area contributed by atoms with Gasteiger partial charge in [-0.05, 0) is 31.9 Å². The molecular formula is C19H25F3NO4+. The summed E-state index contributed by atoms with van der Waals surface area (Å²) < 4.78 is 53.9. The van der Waals surface area contributed by atoms with E-state index in [0.29, 0.717) is 25.0 Å². The molecule has 1 fully saturated rings. The van der Waals surface area contributed by atoms with Gasteiger partial charge in [0.25, 0.3) is 0 Å². The van der Waals surface area contributed by atoms with Gasteiger partial charge in [0.1, 0.15) is 24.1 Å². The molecule has 1 aromatic carbocycles. The number of cyclic esters (lactones) is 1. The van der Waals surface area contributed by atoms with Crippen molar-refractivity contribution in [3.05, 3.63) is 42.5 Å². The minimum Gasteiger partial charge on any atom is -0.488 e. The average Bonchev–Trinajstić information content (AvgIpc) is 2.64. The highest BCUT2D eigenvalue weighted by molar-refractivity contribution is 5.74. The van der Waals surface area contributed by atoms with Crippen LogP contribution in [0.1, 0.15) is 26.2 Å². The van der Waals surface area contributed by atoms with Crippen LogP contribution in [0, 0.1) is 0 Å². The molecule has 0 aromatic heterocycles. The number of quaternary nitrogens is 1. The van der Waals surface area contributed by atoms with Crippen LogP contribution in [0.2, 0.25) is 0 Å². The van der Waals surface area contributed by atoms with Crippen LogP contribution in [0.25, 0.3) is 0 Å². The predicted molar refractivity (Wildman–Crippen MR) is 91.9 cm³/mol. The van der Waals surface area contributed by atoms with Gasteiger partial charge in [-0.2, -0.15) is 13.2 Å². The predicted octanol–water partition coefficient (Wildman–Crippen LogP) is 2.66. The van der Waals surface area contributed by atoms with Crippen LogP contribution >= 0.6 is 0 Å². The van der Waals surface area contributed by atoms with Crippen LogP contribution in [0.15, 0.2) is 42.5 Å². The third-order valence-corrected chi connectivity index (χ3v) is 4.23. The molecule has 0 spiro atoms. The van der Waals surface area contributed by atoms with Crippen molar-refractivity contribution in [3.63, 3.8) is 0 Å². The SMILES string of the molecule is C[C@@H]1OC(=O)[C@@H]([NH3+])CCC[C@H](Oc2ccccc2)[C@H]1OC/C=C/C(F)(F)F. The van der Waals surface area contributed by atoms with Crippen LogP contribution in [0.3, 0.4) is 0 Å². The quantitative estimate of drug-likeness (QED) is 0.622. The van der Waals surface area contributed by atoms with Crippen LogP contribution in [0.4, 0.5) is 13.2 Å². The fourth-order valence-corrected chi connectivity index (χ4v) is 2.89. The summed E-state index contributed by atoms with van der Waals surface area (Å²) in [5.74, 6) is 0.174. The van der Waals surface area contributed by atoms with Crippen LogP contribution in [-0.2, 0) is 14.3 Å². The van der Waals surface area contributed by atoms with Crippen molar-refractivity contribution in [1.29, 1.82) is 0 Å². The van der Waals surface area contributed by atoms with E-state index in [1.165, 1.54) is 0 Å². The molecule has 1 aliphatic rings. The van der Waals surface area contributed by atoms with Gasteiger partial charge in [-0.1, -0.05) is 24.3 Å². The zero-order chi connectivity index (χ0) is 19.9. The molecule has 0 radical (unpaired) electrons. The van der Waals surface area contributed by atoms with Gasteiger partial charge < -0.3 is 19.9 Å². The first-order valence-electron chi connectivity index (χ1n) is 8.87. The van der Waals surface area contributed by atoms with Gasteiger partial charge in [0, 0.05) is 12.5 Å². The number of carbonyl (C=O) groups is 1. The number of ether oxygens (including phenoxy) is 3. The maximum Gasteiger partial charge on any atom is 0.409 e. The van der Waals surface area contributed by atoms with Crippen molar-refractivity contribution in [2.75, 3.05) is 6.61 Å². The van der Waals surface area contributed by atoms with Crippen molar-refractivity contribution in [1.82, 2.24) is 0 Å². The van der Waals surface area contributed by atoms with Crippen LogP contribution in [-0.4, -0.2) is 43.1 Å². The van der Waals surface area contributed by atoms with Crippen molar-refractivity contribution in [3.8, 4) is 5.75 Å². The lowest BCUT2D eigenvalue weighted by molar-refractivity contribution is -0.410. The number of carbonyl (C=O) groups excluding carboxylic acids is 1. The van der Waals surface area contributed by atoms with Crippen molar-refractivity contribution >= 4 is 5.97 Å². The van der Waals surface area contributed by atoms with E-state index in [2.05, 4.69) is 5.73 Å². The van der Waals surface area contributed by atoms with E-state index in [0.717, 1.165) is 6.08 Å². The largest absolute Gasteiger partial charge is 0.488 e. The summed E-state index contributed by atoms with van der Waals surface area (Å²) >= 11 is 0. The van der Waals surface area contributed by atoms with Gasteiger partial charge in [0.2, 0.25) is 0 Å². The van der Waals surface area contributed by atoms with Crippen molar-refractivity contribution in [2.45, 2.75) is 56.7 Å². The Hall–Kier alpha value is -2.06. The minimum absolute atomic E-state index is 0.123. The van der Waals surface area contributed by atoms with E-state index >= 15 is 0 Å². The smallest absolute Gasteiger partial charge is 0.409 e. The van der Waals surface area contributed by atoms with Gasteiger partial charge in [-0.25, -0.2) is 4.79 Å². The molecule has 5 nitrogen and oxygen atoms in total. The Labute approximate surface area is 156 Å². The number of esters is 1. The molecule has 0 amide bonds. The lowest BCUT2D eigenvalue weighted by atomic mass is 10.0. The maximum absolute atomic E-state index is 12.3. The van der Waals surface area contributed by atoms with Gasteiger partial charge in [-0.3, -0.25) is 0 Å². The fourth-order valence-electron chi connectivity index (χ4n) is 2.89. The molecule has 0 aliphatic carbocycles. The summed E-state index contributed by atoms with van der Waals surface area (Å²) in [5, 5.41) is 0. The molecule has 0 saturated carbocycles. The molecule has 1 aromatic rings. The minimum atomic E-state index is -4.40. The Morgan fingerprint density at radius 2 is 1.96 bits per heavy atom. The highest BCUT2D eigenvalue weighted by Crippen LogP contribution is 2.24. The Kier molecular flexibility index (Phi) is 7.67. The Balaban J connectivity index is 2.15. The molecule has 27 heavy (non-hydrogen) atoms. The lowest BCUT2D eigenvalue weighted by Crippen LogP contribution is -2.65. The van der Waals surface area contributed by atoms with Crippen LogP contribution < -0.4 is 10.5 Å². The van der Waals surface area contributed by atoms with Crippen molar-refractivity contribution < 1.29 is 37.9 Å². The molecule has 1 heterocycles. The van der Waals surface area contributed by atoms with Gasteiger partial charge in [-0.15, -0.1) is 0 Å². The second kappa shape index (κ2) is 9.75. The van der Waals surface area contributed by atoms with E-state index in [9.17, 15) is 18.0 Å². The molecule has 0 bridgehead atoms. The standard InChI is InChI=1S/C19H24F3NO4/c1-13-17(25-12-6-11-19(20,21)22)16(27-14-7-3-2-4-8-14)10-5-9-15(23)18(24)26-13/h2-4,6-8,11,13,15-17H,5,9-10,12,23H2,1H3/p+1/b11-6+/t13-,15-,16-,17-/m0/s1. The number of allylic oxidation sites excluding steroid dienone is 1. The first-order valence-corrected chi connectivity index (χ1v) is 8.87. The Bertz CT molecular complexity index is 621. The van der Waals surface area contributed by atoms with Crippen LogP contribution in [0.5, 0.6) is 5.75 Å². The van der Waals surface area contributed by atoms with E-state index < -0.39 is 36.5 Å². The molecule has 3 N–H and O–H groups in total. The first-order chi connectivity index (χ1) is 12.8. The average molecular weight is 388 g/mol. The first kappa shape index (κ1) is 21.2. The summed E-state index contributed by atoms with van der Waals surface area (Å²) in [6.45, 7) is 1.38. The molecule has 0 unspecified atom stereocenters. The summed E-state index contributed by atoms with van der Waals surface area (Å²) in [6, 6.07) is 8.57. The van der Waals surface area contributed by atoms with E-state index in [4.69, 9.17) is 14.2 Å². The van der Waals surface area contributed by atoms with E-state index in [1.54, 1.807) is 19.1 Å². The monoisotopic (exact) mass is 388 g/mol. The zero-order valence-electron chi connectivity index (χ0n) is 15.2. The normalized spacial score (nSPS) is 27.5. The molecule has 150 valence electrons. The second-order valence-electron chi connectivity index (χ2n) is 6.48. The third kappa shape index (κ3) is 7.22. The summed E-state index contributed by atoms with van der Waals surface area (Å²) in [4.78, 5) is 12.1. The number of alkyl halides is 3. The highest BCUT2D eigenvalue weighted by Gasteiger charge is 2.35. The highest BCUT2D eigenvalue weighted by atomic mass is 19.4. The van der Waals surface area contributed by atoms with Gasteiger partial charge >= 0.3 is 12.1 Å². The number of benzene rings is 1. The Morgan fingerprint density at radius 3 is 2.63 bits per heavy atom. The summed E-state index contributed by atoms with van der Waals surface area (Å²) in [7, 11) is 0. The lowest BCUT2D eigenvalue weighted by Gasteiger charge is -2.31. The van der Waals surface area contributed by atoms with E-state index in [1.807, 2.05) is 18.2 Å². The summed E-state index contributed by atoms with van der Waals surface area (Å²) in [5.41, 5.74) is 3.80. The zero-order valence-corrected chi connectivity index (χ0v) is 15.2. The fraction of sp³-hybridized carbons (Fsp3) is 0.526. The maximum atomic E-state index is 12.3. The Morgan fingerprint density at radius 1 is 1.26 bits per heavy atom. The third-order valence-electron chi connectivity index (χ3n) is 4.23. The number of hydrogen-bond acceptors (Lipinski definition) is 4. The number of para-hydroxylation sites is 1. The number of rotatable bonds is 5. The van der Waals surface area contributed by atoms with Gasteiger partial charge in [0.05, 0.1) is 6.61 Å². The number of halogens is 3. The topological polar surface area (TPSA) is 72.4 Å². The summed E-state index contributed by atoms with van der Waals surface area (Å²) in [6.07, 6.45) is -3.49. The molecule has 4 atom stereocenters. The van der Waals surface area contributed by atoms with Gasteiger partial charge in [0.15, 0.2) is 6.04 Å². The second-order valence-corrected chi connectivity index (χ2v) is 6.48. The molecular weight excluding hydrogens is 363 g/mol. The molecule has 1 aliphatic heterocycles. The molecule has 2 rings (SSSR count). The van der Waals surface area contributed by atoms with E-state index in [-0.39, 0.29) is 12.7 Å².